The molecule has 1 N–H and O–H groups in total. The van der Waals surface area contributed by atoms with Gasteiger partial charge in [0.25, 0.3) is 0 Å². The Morgan fingerprint density at radius 1 is 1.32 bits per heavy atom. The van der Waals surface area contributed by atoms with Crippen LogP contribution in [0.2, 0.25) is 0 Å². The number of alkyl halides is 1. The van der Waals surface area contributed by atoms with E-state index >= 15 is 4.39 Å². The number of carbonyl (C=O) groups is 1. The number of piperidine rings is 1. The fraction of sp³-hybridized carbons (Fsp3) is 0.423. The number of rotatable bonds is 8. The summed E-state index contributed by atoms with van der Waals surface area (Å²) in [7, 11) is 1.59. The first-order valence-electron chi connectivity index (χ1n) is 11.4. The molecule has 2 aromatic heterocycles. The molecular weight excluding hydrogens is 453 g/mol. The molecule has 3 atom stereocenters. The summed E-state index contributed by atoms with van der Waals surface area (Å²) >= 11 is 1.50. The van der Waals surface area contributed by atoms with Crippen LogP contribution in [-0.2, 0) is 4.79 Å². The molecule has 3 aromatic rings. The van der Waals surface area contributed by atoms with Crippen LogP contribution in [0.1, 0.15) is 42.4 Å². The van der Waals surface area contributed by atoms with Crippen molar-refractivity contribution in [3.8, 4) is 17.6 Å². The Morgan fingerprint density at radius 3 is 2.97 bits per heavy atom. The van der Waals surface area contributed by atoms with Gasteiger partial charge in [0.05, 0.1) is 19.2 Å². The second-order valence-corrected chi connectivity index (χ2v) is 9.50. The number of benzene rings is 1. The molecular formula is C26H28FN3O3S. The molecule has 0 bridgehead atoms. The summed E-state index contributed by atoms with van der Waals surface area (Å²) in [5.74, 6) is 6.20. The highest BCUT2D eigenvalue weighted by atomic mass is 32.1. The van der Waals surface area contributed by atoms with Gasteiger partial charge in [-0.1, -0.05) is 5.92 Å². The van der Waals surface area contributed by atoms with Gasteiger partial charge >= 0.3 is 5.97 Å². The predicted octanol–water partition coefficient (Wildman–Crippen LogP) is 4.96. The van der Waals surface area contributed by atoms with Gasteiger partial charge in [-0.05, 0) is 73.4 Å². The van der Waals surface area contributed by atoms with Crippen molar-refractivity contribution in [2.75, 3.05) is 26.7 Å². The van der Waals surface area contributed by atoms with E-state index in [4.69, 9.17) is 4.74 Å². The Kier molecular flexibility index (Phi) is 8.09. The summed E-state index contributed by atoms with van der Waals surface area (Å²) in [6.45, 7) is 2.08. The van der Waals surface area contributed by atoms with Gasteiger partial charge in [0, 0.05) is 36.1 Å². The van der Waals surface area contributed by atoms with Gasteiger partial charge < -0.3 is 9.84 Å². The summed E-state index contributed by atoms with van der Waals surface area (Å²) in [6, 6.07) is 7.20. The molecule has 0 saturated carbocycles. The maximum atomic E-state index is 15.4. The Labute approximate surface area is 202 Å². The van der Waals surface area contributed by atoms with Crippen LogP contribution < -0.4 is 4.74 Å². The van der Waals surface area contributed by atoms with Crippen molar-refractivity contribution in [3.05, 3.63) is 52.6 Å². The average molecular weight is 482 g/mol. The molecule has 1 saturated heterocycles. The zero-order chi connectivity index (χ0) is 23.9. The van der Waals surface area contributed by atoms with E-state index in [-0.39, 0.29) is 18.3 Å². The van der Waals surface area contributed by atoms with Gasteiger partial charge in [0.15, 0.2) is 5.01 Å². The van der Waals surface area contributed by atoms with E-state index in [1.807, 2.05) is 23.6 Å². The Balaban J connectivity index is 1.39. The zero-order valence-electron chi connectivity index (χ0n) is 19.1. The summed E-state index contributed by atoms with van der Waals surface area (Å²) in [5.41, 5.74) is 1.34. The first-order valence-corrected chi connectivity index (χ1v) is 12.3. The minimum absolute atomic E-state index is 0.0191. The minimum atomic E-state index is -1.15. The van der Waals surface area contributed by atoms with Crippen LogP contribution in [0.3, 0.4) is 0 Å². The number of nitrogens with zero attached hydrogens (tertiary/aromatic N) is 3. The van der Waals surface area contributed by atoms with Crippen LogP contribution in [0.5, 0.6) is 5.75 Å². The van der Waals surface area contributed by atoms with Gasteiger partial charge in [-0.3, -0.25) is 14.7 Å². The molecule has 0 unspecified atom stereocenters. The molecule has 178 valence electrons. The van der Waals surface area contributed by atoms with Crippen LogP contribution in [0.4, 0.5) is 4.39 Å². The van der Waals surface area contributed by atoms with E-state index < -0.39 is 12.1 Å². The van der Waals surface area contributed by atoms with Crippen molar-refractivity contribution >= 4 is 28.2 Å². The number of carboxylic acids is 1. The van der Waals surface area contributed by atoms with E-state index in [1.165, 1.54) is 11.3 Å². The second kappa shape index (κ2) is 11.4. The SMILES string of the molecule is COc1ccc2nccc([C@H](F)CC[C@@H]3CCN(CC#Cc4nccs4)C[C@@H]3CC(=O)O)c2c1. The average Bonchev–Trinajstić information content (AvgIpc) is 3.36. The molecule has 0 aliphatic carbocycles. The van der Waals surface area contributed by atoms with Crippen molar-refractivity contribution in [3.63, 3.8) is 0 Å². The number of fused-ring (bicyclic) bond motifs is 1. The number of hydrogen-bond donors (Lipinski definition) is 1. The number of aromatic nitrogens is 2. The molecule has 0 spiro atoms. The molecule has 1 aliphatic rings. The number of likely N-dealkylation sites (tertiary alicyclic amines) is 1. The molecule has 34 heavy (non-hydrogen) atoms. The van der Waals surface area contributed by atoms with Crippen LogP contribution in [-0.4, -0.2) is 52.7 Å². The van der Waals surface area contributed by atoms with Crippen LogP contribution in [0.25, 0.3) is 10.9 Å². The molecule has 6 nitrogen and oxygen atoms in total. The topological polar surface area (TPSA) is 75.5 Å². The van der Waals surface area contributed by atoms with E-state index in [1.54, 1.807) is 25.6 Å². The third kappa shape index (κ3) is 6.10. The van der Waals surface area contributed by atoms with Crippen LogP contribution in [0, 0.1) is 23.7 Å². The number of thiazole rings is 1. The highest BCUT2D eigenvalue weighted by molar-refractivity contribution is 7.10. The number of pyridine rings is 1. The molecule has 1 fully saturated rings. The van der Waals surface area contributed by atoms with E-state index in [2.05, 4.69) is 26.7 Å². The quantitative estimate of drug-likeness (QED) is 0.459. The first-order chi connectivity index (χ1) is 16.5. The van der Waals surface area contributed by atoms with Crippen molar-refractivity contribution in [2.45, 2.75) is 31.9 Å². The normalized spacial score (nSPS) is 19.4. The molecule has 4 rings (SSSR count). The van der Waals surface area contributed by atoms with E-state index in [9.17, 15) is 9.90 Å². The molecule has 3 heterocycles. The standard InChI is InChI=1S/C26H28FN3O3S/c1-33-20-5-7-24-22(16-20)21(8-10-28-24)23(27)6-4-18-9-13-30(17-19(18)15-26(31)32)12-2-3-25-29-11-14-34-25/h5,7-8,10-11,14,16,18-19,23H,4,6,9,12-13,15,17H2,1H3,(H,31,32)/t18-,19+,23-/m1/s1. The molecule has 1 aliphatic heterocycles. The first kappa shape index (κ1) is 24.1. The number of hydrogen-bond acceptors (Lipinski definition) is 6. The number of methoxy groups -OCH3 is 1. The van der Waals surface area contributed by atoms with Gasteiger partial charge in [-0.25, -0.2) is 9.37 Å². The highest BCUT2D eigenvalue weighted by Crippen LogP contribution is 2.36. The molecule has 0 amide bonds. The number of carboxylic acid groups (broad SMARTS) is 1. The lowest BCUT2D eigenvalue weighted by atomic mass is 9.79. The Bertz CT molecular complexity index is 1170. The maximum Gasteiger partial charge on any atom is 0.303 e. The van der Waals surface area contributed by atoms with Crippen LogP contribution >= 0.6 is 11.3 Å². The lowest BCUT2D eigenvalue weighted by Crippen LogP contribution is -2.41. The zero-order valence-corrected chi connectivity index (χ0v) is 19.9. The fourth-order valence-electron chi connectivity index (χ4n) is 4.71. The van der Waals surface area contributed by atoms with Gasteiger partial charge in [-0.2, -0.15) is 0 Å². The van der Waals surface area contributed by atoms with Crippen molar-refractivity contribution < 1.29 is 19.0 Å². The maximum absolute atomic E-state index is 15.4. The molecule has 0 radical (unpaired) electrons. The fourth-order valence-corrected chi connectivity index (χ4v) is 5.21. The lowest BCUT2D eigenvalue weighted by molar-refractivity contribution is -0.139. The van der Waals surface area contributed by atoms with Crippen molar-refractivity contribution in [2.24, 2.45) is 11.8 Å². The largest absolute Gasteiger partial charge is 0.497 e. The van der Waals surface area contributed by atoms with Crippen molar-refractivity contribution in [1.82, 2.24) is 14.9 Å². The molecule has 1 aromatic carbocycles. The number of ether oxygens (including phenoxy) is 1. The van der Waals surface area contributed by atoms with Gasteiger partial charge in [0.2, 0.25) is 0 Å². The Hall–Kier alpha value is -3.02. The monoisotopic (exact) mass is 481 g/mol. The lowest BCUT2D eigenvalue weighted by Gasteiger charge is -2.37. The number of halogens is 1. The van der Waals surface area contributed by atoms with Gasteiger partial charge in [0.1, 0.15) is 11.9 Å². The van der Waals surface area contributed by atoms with Crippen molar-refractivity contribution in [1.29, 1.82) is 0 Å². The van der Waals surface area contributed by atoms with Crippen LogP contribution in [0.15, 0.2) is 42.0 Å². The van der Waals surface area contributed by atoms with E-state index in [0.717, 1.165) is 28.9 Å². The number of aliphatic carboxylic acids is 1. The third-order valence-electron chi connectivity index (χ3n) is 6.45. The Morgan fingerprint density at radius 2 is 2.21 bits per heavy atom. The summed E-state index contributed by atoms with van der Waals surface area (Å²) in [5, 5.41) is 12.9. The van der Waals surface area contributed by atoms with E-state index in [0.29, 0.717) is 37.2 Å². The predicted molar refractivity (Wildman–Crippen MR) is 131 cm³/mol. The highest BCUT2D eigenvalue weighted by Gasteiger charge is 2.31. The minimum Gasteiger partial charge on any atom is -0.497 e. The summed E-state index contributed by atoms with van der Waals surface area (Å²) in [6.07, 6.45) is 4.14. The smallest absolute Gasteiger partial charge is 0.303 e. The second-order valence-electron chi connectivity index (χ2n) is 8.61. The van der Waals surface area contributed by atoms with Gasteiger partial charge in [-0.15, -0.1) is 11.3 Å². The summed E-state index contributed by atoms with van der Waals surface area (Å²) < 4.78 is 20.7. The molecule has 8 heteroatoms. The third-order valence-corrected chi connectivity index (χ3v) is 7.14. The summed E-state index contributed by atoms with van der Waals surface area (Å²) in [4.78, 5) is 22.2.